The monoisotopic (exact) mass is 337 g/mol. The molecule has 2 aromatic carbocycles. The quantitative estimate of drug-likeness (QED) is 0.784. The first kappa shape index (κ1) is 16.7. The van der Waals surface area contributed by atoms with Crippen LogP contribution in [0.2, 0.25) is 0 Å². The summed E-state index contributed by atoms with van der Waals surface area (Å²) in [6.07, 6.45) is 2.00. The molecule has 1 aliphatic rings. The summed E-state index contributed by atoms with van der Waals surface area (Å²) in [5, 5.41) is 8.34. The van der Waals surface area contributed by atoms with Gasteiger partial charge in [0, 0.05) is 24.2 Å². The molecule has 3 N–H and O–H groups in total. The molecule has 6 heteroatoms. The standard InChI is InChI=1S/C19H19N3O3/c1-12(23)20-14-8-6-13(7-9-14)18(24)22-17-5-3-2-4-16(17)19(25)21-15-10-11-15/h2-9,15H,10-11H2,1H3,(H,20,23)(H,21,25)(H,22,24). The van der Waals surface area contributed by atoms with Gasteiger partial charge in [0.05, 0.1) is 11.3 Å². The molecular weight excluding hydrogens is 318 g/mol. The largest absolute Gasteiger partial charge is 0.349 e. The lowest BCUT2D eigenvalue weighted by molar-refractivity contribution is -0.114. The first-order valence-electron chi connectivity index (χ1n) is 8.12. The molecule has 0 saturated heterocycles. The van der Waals surface area contributed by atoms with Crippen molar-refractivity contribution in [3.8, 4) is 0 Å². The van der Waals surface area contributed by atoms with E-state index in [4.69, 9.17) is 0 Å². The average Bonchev–Trinajstić information content (AvgIpc) is 3.39. The van der Waals surface area contributed by atoms with Gasteiger partial charge in [-0.25, -0.2) is 0 Å². The van der Waals surface area contributed by atoms with Gasteiger partial charge in [0.15, 0.2) is 0 Å². The van der Waals surface area contributed by atoms with Crippen molar-refractivity contribution in [3.63, 3.8) is 0 Å². The molecule has 0 spiro atoms. The first-order chi connectivity index (χ1) is 12.0. The van der Waals surface area contributed by atoms with Gasteiger partial charge in [-0.15, -0.1) is 0 Å². The number of hydrogen-bond acceptors (Lipinski definition) is 3. The number of amides is 3. The molecule has 0 aromatic heterocycles. The maximum Gasteiger partial charge on any atom is 0.255 e. The molecule has 1 aliphatic carbocycles. The van der Waals surface area contributed by atoms with Gasteiger partial charge in [-0.2, -0.15) is 0 Å². The Bertz CT molecular complexity index is 811. The van der Waals surface area contributed by atoms with Gasteiger partial charge in [0.25, 0.3) is 11.8 Å². The fraction of sp³-hybridized carbons (Fsp3) is 0.211. The van der Waals surface area contributed by atoms with E-state index in [1.165, 1.54) is 6.92 Å². The van der Waals surface area contributed by atoms with Gasteiger partial charge in [-0.05, 0) is 49.2 Å². The average molecular weight is 337 g/mol. The number of hydrogen-bond donors (Lipinski definition) is 3. The zero-order valence-corrected chi connectivity index (χ0v) is 13.8. The van der Waals surface area contributed by atoms with Crippen molar-refractivity contribution in [1.82, 2.24) is 5.32 Å². The molecule has 0 heterocycles. The van der Waals surface area contributed by atoms with Crippen LogP contribution in [-0.2, 0) is 4.79 Å². The van der Waals surface area contributed by atoms with Crippen LogP contribution in [-0.4, -0.2) is 23.8 Å². The van der Waals surface area contributed by atoms with E-state index in [1.807, 2.05) is 0 Å². The zero-order chi connectivity index (χ0) is 17.8. The van der Waals surface area contributed by atoms with Crippen LogP contribution in [0.1, 0.15) is 40.5 Å². The van der Waals surface area contributed by atoms with Crippen LogP contribution in [0.5, 0.6) is 0 Å². The van der Waals surface area contributed by atoms with Crippen molar-refractivity contribution < 1.29 is 14.4 Å². The van der Waals surface area contributed by atoms with Gasteiger partial charge in [-0.3, -0.25) is 14.4 Å². The van der Waals surface area contributed by atoms with E-state index in [2.05, 4.69) is 16.0 Å². The summed E-state index contributed by atoms with van der Waals surface area (Å²) in [6, 6.07) is 13.7. The summed E-state index contributed by atoms with van der Waals surface area (Å²) in [5.41, 5.74) is 1.97. The van der Waals surface area contributed by atoms with Crippen LogP contribution < -0.4 is 16.0 Å². The first-order valence-corrected chi connectivity index (χ1v) is 8.12. The number of anilines is 2. The van der Waals surface area contributed by atoms with Gasteiger partial charge in [0.1, 0.15) is 0 Å². The minimum Gasteiger partial charge on any atom is -0.349 e. The second kappa shape index (κ2) is 7.17. The highest BCUT2D eigenvalue weighted by atomic mass is 16.2. The topological polar surface area (TPSA) is 87.3 Å². The van der Waals surface area contributed by atoms with Crippen molar-refractivity contribution in [3.05, 3.63) is 59.7 Å². The van der Waals surface area contributed by atoms with E-state index in [9.17, 15) is 14.4 Å². The van der Waals surface area contributed by atoms with E-state index in [0.717, 1.165) is 12.8 Å². The molecule has 0 aliphatic heterocycles. The summed E-state index contributed by atoms with van der Waals surface area (Å²) in [7, 11) is 0. The van der Waals surface area contributed by atoms with Gasteiger partial charge in [0.2, 0.25) is 5.91 Å². The molecule has 0 bridgehead atoms. The Morgan fingerprint density at radius 1 is 0.880 bits per heavy atom. The summed E-state index contributed by atoms with van der Waals surface area (Å²) in [4.78, 5) is 35.7. The molecule has 1 fully saturated rings. The van der Waals surface area contributed by atoms with Gasteiger partial charge < -0.3 is 16.0 Å². The highest BCUT2D eigenvalue weighted by molar-refractivity contribution is 6.09. The third-order valence-corrected chi connectivity index (χ3v) is 3.80. The van der Waals surface area contributed by atoms with E-state index in [-0.39, 0.29) is 23.8 Å². The van der Waals surface area contributed by atoms with E-state index in [0.29, 0.717) is 22.5 Å². The number of carbonyl (C=O) groups is 3. The fourth-order valence-corrected chi connectivity index (χ4v) is 2.38. The highest BCUT2D eigenvalue weighted by Gasteiger charge is 2.25. The normalized spacial score (nSPS) is 13.0. The lowest BCUT2D eigenvalue weighted by Crippen LogP contribution is -2.27. The Balaban J connectivity index is 1.72. The SMILES string of the molecule is CC(=O)Nc1ccc(C(=O)Nc2ccccc2C(=O)NC2CC2)cc1. The summed E-state index contributed by atoms with van der Waals surface area (Å²) >= 11 is 0. The van der Waals surface area contributed by atoms with Crippen LogP contribution in [0.4, 0.5) is 11.4 Å². The Morgan fingerprint density at radius 2 is 1.56 bits per heavy atom. The van der Waals surface area contributed by atoms with Crippen molar-refractivity contribution in [1.29, 1.82) is 0 Å². The minimum absolute atomic E-state index is 0.173. The fourth-order valence-electron chi connectivity index (χ4n) is 2.38. The summed E-state index contributed by atoms with van der Waals surface area (Å²) in [6.45, 7) is 1.42. The minimum atomic E-state index is -0.318. The molecule has 0 unspecified atom stereocenters. The molecule has 6 nitrogen and oxygen atoms in total. The molecule has 3 amide bonds. The second-order valence-electron chi connectivity index (χ2n) is 6.01. The van der Waals surface area contributed by atoms with E-state index < -0.39 is 0 Å². The zero-order valence-electron chi connectivity index (χ0n) is 13.8. The molecule has 0 radical (unpaired) electrons. The Kier molecular flexibility index (Phi) is 4.79. The lowest BCUT2D eigenvalue weighted by atomic mass is 10.1. The molecular formula is C19H19N3O3. The maximum absolute atomic E-state index is 12.4. The number of carbonyl (C=O) groups excluding carboxylic acids is 3. The Morgan fingerprint density at radius 3 is 2.20 bits per heavy atom. The van der Waals surface area contributed by atoms with Gasteiger partial charge in [-0.1, -0.05) is 12.1 Å². The number of benzene rings is 2. The third kappa shape index (κ3) is 4.44. The summed E-state index contributed by atoms with van der Waals surface area (Å²) in [5.74, 6) is -0.673. The van der Waals surface area contributed by atoms with E-state index in [1.54, 1.807) is 48.5 Å². The second-order valence-corrected chi connectivity index (χ2v) is 6.01. The summed E-state index contributed by atoms with van der Waals surface area (Å²) < 4.78 is 0. The molecule has 25 heavy (non-hydrogen) atoms. The smallest absolute Gasteiger partial charge is 0.255 e. The molecule has 0 atom stereocenters. The molecule has 128 valence electrons. The molecule has 1 saturated carbocycles. The predicted molar refractivity (Wildman–Crippen MR) is 95.6 cm³/mol. The van der Waals surface area contributed by atoms with E-state index >= 15 is 0 Å². The van der Waals surface area contributed by atoms with Crippen molar-refractivity contribution in [2.24, 2.45) is 0 Å². The number of nitrogens with one attached hydrogen (secondary N) is 3. The van der Waals surface area contributed by atoms with Crippen LogP contribution in [0.3, 0.4) is 0 Å². The highest BCUT2D eigenvalue weighted by Crippen LogP contribution is 2.22. The van der Waals surface area contributed by atoms with Gasteiger partial charge >= 0.3 is 0 Å². The third-order valence-electron chi connectivity index (χ3n) is 3.80. The number of para-hydroxylation sites is 1. The maximum atomic E-state index is 12.4. The molecule has 3 rings (SSSR count). The Hall–Kier alpha value is -3.15. The number of rotatable bonds is 5. The van der Waals surface area contributed by atoms with Crippen LogP contribution in [0, 0.1) is 0 Å². The van der Waals surface area contributed by atoms with Crippen molar-refractivity contribution in [2.45, 2.75) is 25.8 Å². The van der Waals surface area contributed by atoms with Crippen LogP contribution in [0.15, 0.2) is 48.5 Å². The lowest BCUT2D eigenvalue weighted by Gasteiger charge is -2.11. The molecule has 2 aromatic rings. The van der Waals surface area contributed by atoms with Crippen LogP contribution >= 0.6 is 0 Å². The Labute approximate surface area is 145 Å². The van der Waals surface area contributed by atoms with Crippen molar-refractivity contribution in [2.75, 3.05) is 10.6 Å². The van der Waals surface area contributed by atoms with Crippen LogP contribution in [0.25, 0.3) is 0 Å². The predicted octanol–water partition coefficient (Wildman–Crippen LogP) is 2.79. The van der Waals surface area contributed by atoms with Crippen molar-refractivity contribution >= 4 is 29.1 Å².